The topological polar surface area (TPSA) is 27.1 Å². The zero-order valence-electron chi connectivity index (χ0n) is 15.0. The van der Waals surface area contributed by atoms with Gasteiger partial charge >= 0.3 is 0 Å². The summed E-state index contributed by atoms with van der Waals surface area (Å²) < 4.78 is 8.44. The van der Waals surface area contributed by atoms with Crippen molar-refractivity contribution in [3.63, 3.8) is 0 Å². The molecule has 128 valence electrons. The van der Waals surface area contributed by atoms with E-state index < -0.39 is 0 Å². The number of hydrogen-bond donors (Lipinski definition) is 0. The summed E-state index contributed by atoms with van der Waals surface area (Å²) in [6.45, 7) is 6.92. The zero-order valence-corrected chi connectivity index (χ0v) is 16.6. The predicted molar refractivity (Wildman–Crippen MR) is 97.7 cm³/mol. The largest absolute Gasteiger partial charge is 0.481 e. The van der Waals surface area contributed by atoms with E-state index in [1.165, 1.54) is 63.4 Å². The molecule has 0 N–H and O–H groups in total. The first kappa shape index (κ1) is 19.5. The number of nitrogens with zero attached hydrogens (tertiary/aromatic N) is 2. The van der Waals surface area contributed by atoms with Crippen LogP contribution in [0.5, 0.6) is 5.88 Å². The van der Waals surface area contributed by atoms with Gasteiger partial charge in [-0.15, -0.1) is 0 Å². The third kappa shape index (κ3) is 5.00. The van der Waals surface area contributed by atoms with E-state index in [0.717, 1.165) is 10.5 Å². The molecule has 22 heavy (non-hydrogen) atoms. The highest BCUT2D eigenvalue weighted by molar-refractivity contribution is 9.10. The molecule has 1 rings (SSSR count). The van der Waals surface area contributed by atoms with Crippen molar-refractivity contribution in [3.05, 3.63) is 10.2 Å². The first-order chi connectivity index (χ1) is 10.5. The lowest BCUT2D eigenvalue weighted by Crippen LogP contribution is -2.23. The number of aryl methyl sites for hydroxylation is 1. The molecule has 0 amide bonds. The highest BCUT2D eigenvalue weighted by atomic mass is 79.9. The Morgan fingerprint density at radius 3 is 2.14 bits per heavy atom. The Hall–Kier alpha value is -0.510. The second-order valence-corrected chi connectivity index (χ2v) is 7.38. The second kappa shape index (κ2) is 9.59. The highest BCUT2D eigenvalue weighted by Crippen LogP contribution is 2.43. The number of aromatic nitrogens is 2. The Morgan fingerprint density at radius 1 is 1.05 bits per heavy atom. The lowest BCUT2D eigenvalue weighted by atomic mass is 9.75. The van der Waals surface area contributed by atoms with Crippen LogP contribution in [0.15, 0.2) is 4.60 Å². The fourth-order valence-corrected chi connectivity index (χ4v) is 4.19. The van der Waals surface area contributed by atoms with Gasteiger partial charge in [0.05, 0.1) is 12.7 Å². The van der Waals surface area contributed by atoms with Crippen LogP contribution in [0.3, 0.4) is 0 Å². The van der Waals surface area contributed by atoms with Crippen molar-refractivity contribution in [3.8, 4) is 5.88 Å². The van der Waals surface area contributed by atoms with Gasteiger partial charge in [0.15, 0.2) is 0 Å². The molecule has 1 aromatic heterocycles. The quantitative estimate of drug-likeness (QED) is 0.445. The van der Waals surface area contributed by atoms with Gasteiger partial charge in [-0.2, -0.15) is 5.10 Å². The summed E-state index contributed by atoms with van der Waals surface area (Å²) in [6.07, 6.45) is 11.4. The smallest absolute Gasteiger partial charge is 0.216 e. The molecule has 3 nitrogen and oxygen atoms in total. The number of halogens is 1. The Balaban J connectivity index is 2.97. The maximum absolute atomic E-state index is 5.65. The maximum Gasteiger partial charge on any atom is 0.216 e. The summed E-state index contributed by atoms with van der Waals surface area (Å²) in [4.78, 5) is 0. The summed E-state index contributed by atoms with van der Waals surface area (Å²) in [5.74, 6) is 0.904. The van der Waals surface area contributed by atoms with Gasteiger partial charge in [0, 0.05) is 12.5 Å². The average molecular weight is 373 g/mol. The molecule has 1 aromatic rings. The summed E-state index contributed by atoms with van der Waals surface area (Å²) >= 11 is 3.66. The molecular formula is C18H33BrN2O. The van der Waals surface area contributed by atoms with E-state index >= 15 is 0 Å². The standard InChI is InChI=1S/C18H33BrN2O/c1-6-8-10-12-14-18(3,13-11-9-7-2)15-16(19)20-21(4)17(15)22-5/h6-14H2,1-5H3. The van der Waals surface area contributed by atoms with Crippen molar-refractivity contribution in [1.82, 2.24) is 9.78 Å². The van der Waals surface area contributed by atoms with Gasteiger partial charge in [-0.05, 0) is 28.8 Å². The summed E-state index contributed by atoms with van der Waals surface area (Å²) in [6, 6.07) is 0. The van der Waals surface area contributed by atoms with Crippen molar-refractivity contribution >= 4 is 15.9 Å². The third-order valence-electron chi connectivity index (χ3n) is 4.66. The van der Waals surface area contributed by atoms with Crippen molar-refractivity contribution in [2.24, 2.45) is 7.05 Å². The number of unbranched alkanes of at least 4 members (excludes halogenated alkanes) is 5. The van der Waals surface area contributed by atoms with Crippen LogP contribution in [0.1, 0.15) is 84.1 Å². The third-order valence-corrected chi connectivity index (χ3v) is 5.22. The minimum atomic E-state index is 0.140. The van der Waals surface area contributed by atoms with E-state index in [1.54, 1.807) is 7.11 Å². The Bertz CT molecular complexity index is 445. The van der Waals surface area contributed by atoms with Crippen LogP contribution in [0.4, 0.5) is 0 Å². The van der Waals surface area contributed by atoms with E-state index in [4.69, 9.17) is 4.74 Å². The van der Waals surface area contributed by atoms with Crippen molar-refractivity contribution in [1.29, 1.82) is 0 Å². The Kier molecular flexibility index (Phi) is 8.52. The van der Waals surface area contributed by atoms with Crippen LogP contribution in [0.25, 0.3) is 0 Å². The summed E-state index contributed by atoms with van der Waals surface area (Å²) in [5.41, 5.74) is 1.39. The lowest BCUT2D eigenvalue weighted by molar-refractivity contribution is 0.325. The van der Waals surface area contributed by atoms with E-state index in [1.807, 2.05) is 11.7 Å². The molecule has 0 radical (unpaired) electrons. The molecule has 0 bridgehead atoms. The van der Waals surface area contributed by atoms with Crippen molar-refractivity contribution in [2.45, 2.75) is 84.0 Å². The van der Waals surface area contributed by atoms with Gasteiger partial charge in [-0.3, -0.25) is 0 Å². The van der Waals surface area contributed by atoms with Gasteiger partial charge in [0.1, 0.15) is 4.60 Å². The predicted octanol–water partition coefficient (Wildman–Crippen LogP) is 6.00. The molecule has 0 fully saturated rings. The number of rotatable bonds is 11. The van der Waals surface area contributed by atoms with E-state index in [9.17, 15) is 0 Å². The van der Waals surface area contributed by atoms with E-state index in [2.05, 4.69) is 41.8 Å². The van der Waals surface area contributed by atoms with Gasteiger partial charge in [-0.1, -0.05) is 65.7 Å². The van der Waals surface area contributed by atoms with Crippen LogP contribution in [0, 0.1) is 0 Å². The van der Waals surface area contributed by atoms with E-state index in [0.29, 0.717) is 0 Å². The fourth-order valence-electron chi connectivity index (χ4n) is 3.30. The number of hydrogen-bond acceptors (Lipinski definition) is 2. The summed E-state index contributed by atoms with van der Waals surface area (Å²) in [7, 11) is 3.70. The molecule has 0 aliphatic heterocycles. The lowest BCUT2D eigenvalue weighted by Gasteiger charge is -2.30. The number of methoxy groups -OCH3 is 1. The minimum absolute atomic E-state index is 0.140. The van der Waals surface area contributed by atoms with Crippen molar-refractivity contribution < 1.29 is 4.74 Å². The van der Waals surface area contributed by atoms with Gasteiger partial charge in [-0.25, -0.2) is 4.68 Å². The molecule has 0 saturated carbocycles. The molecule has 1 unspecified atom stereocenters. The number of ether oxygens (including phenoxy) is 1. The van der Waals surface area contributed by atoms with E-state index in [-0.39, 0.29) is 5.41 Å². The first-order valence-electron chi connectivity index (χ1n) is 8.77. The first-order valence-corrected chi connectivity index (χ1v) is 9.56. The molecule has 1 heterocycles. The molecule has 0 aliphatic carbocycles. The molecule has 4 heteroatoms. The normalized spacial score (nSPS) is 14.1. The SMILES string of the molecule is CCCCCCC(C)(CCCCC)c1c(Br)nn(C)c1OC. The molecule has 0 spiro atoms. The van der Waals surface area contributed by atoms with Gasteiger partial charge in [0.25, 0.3) is 0 Å². The monoisotopic (exact) mass is 372 g/mol. The fraction of sp³-hybridized carbons (Fsp3) is 0.833. The zero-order chi connectivity index (χ0) is 16.6. The van der Waals surface area contributed by atoms with Crippen LogP contribution < -0.4 is 4.74 Å². The maximum atomic E-state index is 5.65. The van der Waals surface area contributed by atoms with Crippen LogP contribution >= 0.6 is 15.9 Å². The molecular weight excluding hydrogens is 340 g/mol. The molecule has 0 aliphatic rings. The van der Waals surface area contributed by atoms with Crippen LogP contribution in [-0.2, 0) is 12.5 Å². The minimum Gasteiger partial charge on any atom is -0.481 e. The van der Waals surface area contributed by atoms with Gasteiger partial charge in [0.2, 0.25) is 5.88 Å². The molecule has 1 atom stereocenters. The van der Waals surface area contributed by atoms with Crippen LogP contribution in [-0.4, -0.2) is 16.9 Å². The Labute approximate surface area is 144 Å². The second-order valence-electron chi connectivity index (χ2n) is 6.63. The average Bonchev–Trinajstić information content (AvgIpc) is 2.78. The van der Waals surface area contributed by atoms with Gasteiger partial charge < -0.3 is 4.74 Å². The molecule has 0 saturated heterocycles. The van der Waals surface area contributed by atoms with Crippen molar-refractivity contribution in [2.75, 3.05) is 7.11 Å². The Morgan fingerprint density at radius 2 is 1.59 bits per heavy atom. The highest BCUT2D eigenvalue weighted by Gasteiger charge is 2.34. The van der Waals surface area contributed by atoms with Crippen LogP contribution in [0.2, 0.25) is 0 Å². The summed E-state index contributed by atoms with van der Waals surface area (Å²) in [5, 5.41) is 4.53. The molecule has 0 aromatic carbocycles.